The highest BCUT2D eigenvalue weighted by molar-refractivity contribution is 7.99. The van der Waals surface area contributed by atoms with Crippen LogP contribution in [0.2, 0.25) is 0 Å². The monoisotopic (exact) mass is 492 g/mol. The molecule has 0 spiro atoms. The van der Waals surface area contributed by atoms with E-state index in [0.29, 0.717) is 18.8 Å². The van der Waals surface area contributed by atoms with E-state index in [1.165, 1.54) is 35.3 Å². The Morgan fingerprint density at radius 2 is 1.79 bits per heavy atom. The molecule has 1 fully saturated rings. The lowest BCUT2D eigenvalue weighted by atomic mass is 10.2. The molecule has 8 nitrogen and oxygen atoms in total. The van der Waals surface area contributed by atoms with Crippen molar-refractivity contribution in [3.8, 4) is 5.75 Å². The number of hydrogen-bond donors (Lipinski definition) is 1. The van der Waals surface area contributed by atoms with Crippen molar-refractivity contribution in [2.45, 2.75) is 35.5 Å². The third kappa shape index (κ3) is 7.21. The molecule has 10 heteroatoms. The molecule has 0 saturated carbocycles. The fourth-order valence-electron chi connectivity index (χ4n) is 3.38. The van der Waals surface area contributed by atoms with Crippen molar-refractivity contribution in [2.75, 3.05) is 37.9 Å². The van der Waals surface area contributed by atoms with Crippen LogP contribution in [0.5, 0.6) is 5.75 Å². The average molecular weight is 493 g/mol. The van der Waals surface area contributed by atoms with E-state index in [-0.39, 0.29) is 22.8 Å². The van der Waals surface area contributed by atoms with E-state index in [0.717, 1.165) is 24.2 Å². The normalized spacial score (nSPS) is 14.5. The minimum absolute atomic E-state index is 0.000341. The van der Waals surface area contributed by atoms with Crippen molar-refractivity contribution in [2.24, 2.45) is 0 Å². The van der Waals surface area contributed by atoms with Crippen molar-refractivity contribution in [3.63, 3.8) is 0 Å². The summed E-state index contributed by atoms with van der Waals surface area (Å²) in [4.78, 5) is 25.2. The van der Waals surface area contributed by atoms with Crippen molar-refractivity contribution < 1.29 is 27.5 Å². The van der Waals surface area contributed by atoms with Crippen LogP contribution < -0.4 is 10.1 Å². The molecule has 0 unspecified atom stereocenters. The molecule has 1 aliphatic heterocycles. The molecule has 0 bridgehead atoms. The lowest BCUT2D eigenvalue weighted by molar-refractivity contribution is -0.146. The number of rotatable bonds is 10. The second-order valence-corrected chi connectivity index (χ2v) is 10.5. The van der Waals surface area contributed by atoms with Gasteiger partial charge in [0.25, 0.3) is 5.91 Å². The predicted molar refractivity (Wildman–Crippen MR) is 127 cm³/mol. The van der Waals surface area contributed by atoms with E-state index in [1.54, 1.807) is 6.07 Å². The first kappa shape index (κ1) is 25.1. The Morgan fingerprint density at radius 3 is 2.48 bits per heavy atom. The highest BCUT2D eigenvalue weighted by atomic mass is 32.2. The molecule has 3 rings (SSSR count). The number of piperidine rings is 1. The van der Waals surface area contributed by atoms with Crippen molar-refractivity contribution in [1.29, 1.82) is 0 Å². The first-order chi connectivity index (χ1) is 15.9. The topological polar surface area (TPSA) is 102 Å². The molecule has 0 atom stereocenters. The number of esters is 1. The van der Waals surface area contributed by atoms with Crippen LogP contribution in [-0.2, 0) is 24.3 Å². The number of anilines is 1. The fourth-order valence-corrected chi connectivity index (χ4v) is 5.94. The fraction of sp³-hybridized carbons (Fsp3) is 0.391. The van der Waals surface area contributed by atoms with Gasteiger partial charge in [0, 0.05) is 29.4 Å². The number of hydrogen-bond acceptors (Lipinski definition) is 7. The number of thioether (sulfide) groups is 1. The maximum Gasteiger partial charge on any atom is 0.307 e. The molecule has 0 aromatic heterocycles. The Morgan fingerprint density at radius 1 is 1.06 bits per heavy atom. The van der Waals surface area contributed by atoms with E-state index >= 15 is 0 Å². The lowest BCUT2D eigenvalue weighted by Crippen LogP contribution is -2.35. The summed E-state index contributed by atoms with van der Waals surface area (Å²) in [6.07, 6.45) is 2.80. The summed E-state index contributed by atoms with van der Waals surface area (Å²) in [5.74, 6) is -0.274. The number of ether oxygens (including phenoxy) is 2. The number of benzene rings is 2. The first-order valence-electron chi connectivity index (χ1n) is 10.7. The Hall–Kier alpha value is -2.56. The second-order valence-electron chi connectivity index (χ2n) is 7.45. The molecule has 0 radical (unpaired) electrons. The molecule has 1 heterocycles. The van der Waals surface area contributed by atoms with Gasteiger partial charge < -0.3 is 14.8 Å². The number of nitrogens with zero attached hydrogens (tertiary/aromatic N) is 1. The van der Waals surface area contributed by atoms with Gasteiger partial charge in [-0.2, -0.15) is 4.31 Å². The van der Waals surface area contributed by atoms with Gasteiger partial charge in [-0.25, -0.2) is 8.42 Å². The highest BCUT2D eigenvalue weighted by Crippen LogP contribution is 2.31. The minimum Gasteiger partial charge on any atom is -0.495 e. The van der Waals surface area contributed by atoms with Crippen LogP contribution in [0.1, 0.15) is 25.7 Å². The molecule has 1 aliphatic rings. The molecular weight excluding hydrogens is 464 g/mol. The Bertz CT molecular complexity index is 1050. The van der Waals surface area contributed by atoms with Crippen LogP contribution >= 0.6 is 11.8 Å². The summed E-state index contributed by atoms with van der Waals surface area (Å²) in [6, 6.07) is 14.1. The Labute approximate surface area is 198 Å². The summed E-state index contributed by atoms with van der Waals surface area (Å²) in [5.41, 5.74) is 0.284. The number of sulfonamides is 1. The first-order valence-corrected chi connectivity index (χ1v) is 13.1. The third-order valence-electron chi connectivity index (χ3n) is 5.06. The maximum absolute atomic E-state index is 13.1. The van der Waals surface area contributed by atoms with Crippen LogP contribution in [-0.4, -0.2) is 57.2 Å². The number of nitrogens with one attached hydrogen (secondary N) is 1. The van der Waals surface area contributed by atoms with Gasteiger partial charge in [-0.05, 0) is 43.2 Å². The quantitative estimate of drug-likeness (QED) is 0.400. The van der Waals surface area contributed by atoms with Crippen LogP contribution in [0.3, 0.4) is 0 Å². The standard InChI is InChI=1S/C23H28N2O6S2/c1-30-20-11-10-18(16-21(20)33(28,29)25-13-6-3-7-14-25)24-22(26)17-31-23(27)12-15-32-19-8-4-2-5-9-19/h2,4-5,8-11,16H,3,6-7,12-15,17H2,1H3,(H,24,26). The van der Waals surface area contributed by atoms with E-state index in [4.69, 9.17) is 9.47 Å². The predicted octanol–water partition coefficient (Wildman–Crippen LogP) is 3.53. The highest BCUT2D eigenvalue weighted by Gasteiger charge is 2.29. The molecule has 2 aromatic rings. The van der Waals surface area contributed by atoms with Gasteiger partial charge in [0.2, 0.25) is 10.0 Å². The van der Waals surface area contributed by atoms with E-state index in [2.05, 4.69) is 5.32 Å². The third-order valence-corrected chi connectivity index (χ3v) is 8.00. The number of carbonyl (C=O) groups is 2. The lowest BCUT2D eigenvalue weighted by Gasteiger charge is -2.26. The van der Waals surface area contributed by atoms with Gasteiger partial charge in [-0.1, -0.05) is 24.6 Å². The van der Waals surface area contributed by atoms with Crippen LogP contribution in [0.15, 0.2) is 58.3 Å². The van der Waals surface area contributed by atoms with Gasteiger partial charge in [-0.3, -0.25) is 9.59 Å². The van der Waals surface area contributed by atoms with Crippen LogP contribution in [0, 0.1) is 0 Å². The molecule has 1 amide bonds. The van der Waals surface area contributed by atoms with E-state index in [9.17, 15) is 18.0 Å². The van der Waals surface area contributed by atoms with Gasteiger partial charge in [0.15, 0.2) is 6.61 Å². The second kappa shape index (κ2) is 12.1. The molecule has 178 valence electrons. The van der Waals surface area contributed by atoms with Gasteiger partial charge in [0.1, 0.15) is 10.6 Å². The van der Waals surface area contributed by atoms with Crippen LogP contribution in [0.25, 0.3) is 0 Å². The molecule has 1 saturated heterocycles. The Kier molecular flexibility index (Phi) is 9.16. The van der Waals surface area contributed by atoms with Gasteiger partial charge in [-0.15, -0.1) is 11.8 Å². The van der Waals surface area contributed by atoms with E-state index in [1.807, 2.05) is 30.3 Å². The minimum atomic E-state index is -3.75. The molecule has 0 aliphatic carbocycles. The zero-order valence-corrected chi connectivity index (χ0v) is 20.1. The van der Waals surface area contributed by atoms with E-state index < -0.39 is 28.5 Å². The summed E-state index contributed by atoms with van der Waals surface area (Å²) in [6.45, 7) is 0.468. The molecule has 2 aromatic carbocycles. The summed E-state index contributed by atoms with van der Waals surface area (Å²) < 4.78 is 37.9. The van der Waals surface area contributed by atoms with Crippen LogP contribution in [0.4, 0.5) is 5.69 Å². The maximum atomic E-state index is 13.1. The van der Waals surface area contributed by atoms with Crippen molar-refractivity contribution in [3.05, 3.63) is 48.5 Å². The van der Waals surface area contributed by atoms with Gasteiger partial charge >= 0.3 is 5.97 Å². The number of amides is 1. The smallest absolute Gasteiger partial charge is 0.307 e. The molecular formula is C23H28N2O6S2. The van der Waals surface area contributed by atoms with Crippen molar-refractivity contribution >= 4 is 39.3 Å². The zero-order valence-electron chi connectivity index (χ0n) is 18.5. The summed E-state index contributed by atoms with van der Waals surface area (Å²) in [5, 5.41) is 2.59. The average Bonchev–Trinajstić information content (AvgIpc) is 2.84. The largest absolute Gasteiger partial charge is 0.495 e. The molecule has 33 heavy (non-hydrogen) atoms. The van der Waals surface area contributed by atoms with Crippen molar-refractivity contribution in [1.82, 2.24) is 4.31 Å². The molecule has 1 N–H and O–H groups in total. The SMILES string of the molecule is COc1ccc(NC(=O)COC(=O)CCSc2ccccc2)cc1S(=O)(=O)N1CCCCC1. The Balaban J connectivity index is 1.54. The summed E-state index contributed by atoms with van der Waals surface area (Å²) >= 11 is 1.53. The summed E-state index contributed by atoms with van der Waals surface area (Å²) in [7, 11) is -2.35. The zero-order chi connectivity index (χ0) is 23.7. The number of methoxy groups -OCH3 is 1. The number of carbonyl (C=O) groups excluding carboxylic acids is 2. The van der Waals surface area contributed by atoms with Gasteiger partial charge in [0.05, 0.1) is 13.5 Å².